The fourth-order valence-corrected chi connectivity index (χ4v) is 2.31. The number of benzene rings is 1. The number of carbonyl (C=O) groups is 1. The highest BCUT2D eigenvalue weighted by molar-refractivity contribution is 6.42. The predicted octanol–water partition coefficient (Wildman–Crippen LogP) is 3.65. The number of rotatable bonds is 6. The van der Waals surface area contributed by atoms with Crippen LogP contribution in [0.25, 0.3) is 0 Å². The highest BCUT2D eigenvalue weighted by Gasteiger charge is 2.52. The van der Waals surface area contributed by atoms with Crippen molar-refractivity contribution in [3.8, 4) is 0 Å². The van der Waals surface area contributed by atoms with E-state index in [1.54, 1.807) is 13.0 Å². The fraction of sp³-hybridized carbons (Fsp3) is 0.500. The summed E-state index contributed by atoms with van der Waals surface area (Å²) in [6, 6.07) is 5.58. The first kappa shape index (κ1) is 14.6. The summed E-state index contributed by atoms with van der Waals surface area (Å²) in [6.07, 6.45) is 2.35. The lowest BCUT2D eigenvalue weighted by molar-refractivity contribution is -0.149. The molecule has 1 atom stereocenters. The average molecular weight is 303 g/mol. The second kappa shape index (κ2) is 6.12. The molecule has 1 aromatic rings. The van der Waals surface area contributed by atoms with Gasteiger partial charge in [0.2, 0.25) is 0 Å². The van der Waals surface area contributed by atoms with Gasteiger partial charge in [-0.05, 0) is 43.9 Å². The van der Waals surface area contributed by atoms with Gasteiger partial charge >= 0.3 is 5.97 Å². The van der Waals surface area contributed by atoms with Crippen LogP contribution in [0, 0.1) is 0 Å². The van der Waals surface area contributed by atoms with Crippen LogP contribution in [-0.4, -0.2) is 24.8 Å². The van der Waals surface area contributed by atoms with Crippen LogP contribution >= 0.6 is 23.2 Å². The molecule has 0 bridgehead atoms. The van der Waals surface area contributed by atoms with E-state index in [0.29, 0.717) is 29.7 Å². The Bertz CT molecular complexity index is 470. The summed E-state index contributed by atoms with van der Waals surface area (Å²) in [4.78, 5) is 11.7. The van der Waals surface area contributed by atoms with Gasteiger partial charge in [-0.2, -0.15) is 0 Å². The molecule has 0 saturated carbocycles. The molecule has 1 aliphatic rings. The van der Waals surface area contributed by atoms with Crippen LogP contribution in [0.15, 0.2) is 18.2 Å². The number of halogens is 2. The van der Waals surface area contributed by atoms with E-state index >= 15 is 0 Å². The smallest absolute Gasteiger partial charge is 0.340 e. The van der Waals surface area contributed by atoms with Gasteiger partial charge in [0.15, 0.2) is 5.60 Å². The van der Waals surface area contributed by atoms with Gasteiger partial charge in [-0.15, -0.1) is 0 Å². The van der Waals surface area contributed by atoms with Gasteiger partial charge in [0.05, 0.1) is 23.3 Å². The highest BCUT2D eigenvalue weighted by atomic mass is 35.5. The van der Waals surface area contributed by atoms with E-state index in [2.05, 4.69) is 0 Å². The van der Waals surface area contributed by atoms with Crippen LogP contribution in [0.3, 0.4) is 0 Å². The molecule has 1 saturated heterocycles. The molecular formula is C14H16Cl2O3. The maximum atomic E-state index is 11.7. The number of esters is 1. The van der Waals surface area contributed by atoms with Gasteiger partial charge in [0.1, 0.15) is 0 Å². The molecule has 3 nitrogen and oxygen atoms in total. The monoisotopic (exact) mass is 302 g/mol. The maximum Gasteiger partial charge on any atom is 0.340 e. The third-order valence-corrected chi connectivity index (χ3v) is 3.91. The normalized spacial score (nSPS) is 21.2. The van der Waals surface area contributed by atoms with E-state index in [-0.39, 0.29) is 5.97 Å². The molecule has 0 unspecified atom stereocenters. The molecule has 0 N–H and O–H groups in total. The van der Waals surface area contributed by atoms with Gasteiger partial charge in [0, 0.05) is 0 Å². The molecule has 0 radical (unpaired) electrons. The molecule has 1 heterocycles. The Labute approximate surface area is 122 Å². The van der Waals surface area contributed by atoms with Crippen molar-refractivity contribution in [1.82, 2.24) is 0 Å². The Hall–Kier alpha value is -0.770. The first-order valence-electron chi connectivity index (χ1n) is 6.32. The first-order valence-corrected chi connectivity index (χ1v) is 7.08. The summed E-state index contributed by atoms with van der Waals surface area (Å²) in [7, 11) is 0. The molecule has 0 aliphatic carbocycles. The Kier molecular flexibility index (Phi) is 4.71. The van der Waals surface area contributed by atoms with E-state index in [0.717, 1.165) is 18.4 Å². The number of hydrogen-bond acceptors (Lipinski definition) is 3. The molecule has 0 spiro atoms. The molecule has 1 aliphatic heterocycles. The lowest BCUT2D eigenvalue weighted by Crippen LogP contribution is -2.27. The van der Waals surface area contributed by atoms with Crippen LogP contribution in [0.5, 0.6) is 0 Å². The molecule has 2 rings (SSSR count). The third kappa shape index (κ3) is 3.62. The minimum absolute atomic E-state index is 0.246. The van der Waals surface area contributed by atoms with Gasteiger partial charge in [0.25, 0.3) is 0 Å². The summed E-state index contributed by atoms with van der Waals surface area (Å²) in [5.74, 6) is -0.246. The second-order valence-corrected chi connectivity index (χ2v) is 5.42. The zero-order chi connectivity index (χ0) is 13.9. The van der Waals surface area contributed by atoms with Crippen molar-refractivity contribution in [2.24, 2.45) is 0 Å². The quantitative estimate of drug-likeness (QED) is 0.595. The number of carbonyl (C=O) groups excluding carboxylic acids is 1. The zero-order valence-corrected chi connectivity index (χ0v) is 12.3. The van der Waals surface area contributed by atoms with Crippen molar-refractivity contribution in [3.05, 3.63) is 33.8 Å². The zero-order valence-electron chi connectivity index (χ0n) is 10.7. The van der Waals surface area contributed by atoms with Crippen LogP contribution < -0.4 is 0 Å². The molecule has 1 fully saturated rings. The van der Waals surface area contributed by atoms with Crippen molar-refractivity contribution in [3.63, 3.8) is 0 Å². The van der Waals surface area contributed by atoms with E-state index < -0.39 is 5.60 Å². The maximum absolute atomic E-state index is 11.7. The minimum atomic E-state index is -0.688. The average Bonchev–Trinajstić information content (AvgIpc) is 3.15. The van der Waals surface area contributed by atoms with Crippen molar-refractivity contribution in [1.29, 1.82) is 0 Å². The summed E-state index contributed by atoms with van der Waals surface area (Å²) in [6.45, 7) is 2.65. The summed E-state index contributed by atoms with van der Waals surface area (Å²) in [5.41, 5.74) is 0.417. The largest absolute Gasteiger partial charge is 0.464 e. The number of epoxide rings is 1. The van der Waals surface area contributed by atoms with Crippen molar-refractivity contribution >= 4 is 29.2 Å². The Morgan fingerprint density at radius 2 is 2.16 bits per heavy atom. The predicted molar refractivity (Wildman–Crippen MR) is 74.7 cm³/mol. The Morgan fingerprint density at radius 1 is 1.42 bits per heavy atom. The standard InChI is InChI=1S/C14H16Cl2O3/c1-2-18-13(17)14(9-19-14)7-3-4-10-5-6-11(15)12(16)8-10/h5-6,8H,2-4,7,9H2,1H3/t14-/m1/s1. The van der Waals surface area contributed by atoms with Crippen LogP contribution in [-0.2, 0) is 20.7 Å². The number of ether oxygens (including phenoxy) is 2. The van der Waals surface area contributed by atoms with Gasteiger partial charge in [-0.25, -0.2) is 4.79 Å². The second-order valence-electron chi connectivity index (χ2n) is 4.61. The lowest BCUT2D eigenvalue weighted by Gasteiger charge is -2.10. The molecule has 1 aromatic carbocycles. The van der Waals surface area contributed by atoms with Crippen LogP contribution in [0.2, 0.25) is 10.0 Å². The Balaban J connectivity index is 1.83. The topological polar surface area (TPSA) is 38.8 Å². The molecule has 0 amide bonds. The van der Waals surface area contributed by atoms with Crippen LogP contribution in [0.4, 0.5) is 0 Å². The fourth-order valence-electron chi connectivity index (χ4n) is 1.99. The van der Waals surface area contributed by atoms with Crippen molar-refractivity contribution < 1.29 is 14.3 Å². The first-order chi connectivity index (χ1) is 9.07. The molecule has 0 aromatic heterocycles. The van der Waals surface area contributed by atoms with E-state index in [1.165, 1.54) is 0 Å². The van der Waals surface area contributed by atoms with Crippen molar-refractivity contribution in [2.45, 2.75) is 31.8 Å². The van der Waals surface area contributed by atoms with Gasteiger partial charge < -0.3 is 9.47 Å². The number of aryl methyl sites for hydroxylation is 1. The summed E-state index contributed by atoms with van der Waals surface area (Å²) >= 11 is 11.8. The third-order valence-electron chi connectivity index (χ3n) is 3.17. The van der Waals surface area contributed by atoms with E-state index in [1.807, 2.05) is 12.1 Å². The van der Waals surface area contributed by atoms with Crippen LogP contribution in [0.1, 0.15) is 25.3 Å². The lowest BCUT2D eigenvalue weighted by atomic mass is 10.0. The molecular weight excluding hydrogens is 287 g/mol. The number of hydrogen-bond donors (Lipinski definition) is 0. The molecule has 104 valence electrons. The van der Waals surface area contributed by atoms with E-state index in [4.69, 9.17) is 32.7 Å². The molecule has 5 heteroatoms. The summed E-state index contributed by atoms with van der Waals surface area (Å²) < 4.78 is 10.3. The summed E-state index contributed by atoms with van der Waals surface area (Å²) in [5, 5.41) is 1.11. The van der Waals surface area contributed by atoms with Gasteiger partial charge in [-0.1, -0.05) is 29.3 Å². The molecule has 19 heavy (non-hydrogen) atoms. The Morgan fingerprint density at radius 3 is 2.74 bits per heavy atom. The SMILES string of the molecule is CCOC(=O)[C@@]1(CCCc2ccc(Cl)c(Cl)c2)CO1. The minimum Gasteiger partial charge on any atom is -0.464 e. The van der Waals surface area contributed by atoms with Gasteiger partial charge in [-0.3, -0.25) is 0 Å². The highest BCUT2D eigenvalue weighted by Crippen LogP contribution is 2.34. The van der Waals surface area contributed by atoms with Crippen molar-refractivity contribution in [2.75, 3.05) is 13.2 Å². The van der Waals surface area contributed by atoms with E-state index in [9.17, 15) is 4.79 Å².